The third-order valence-electron chi connectivity index (χ3n) is 14.5. The minimum Gasteiger partial charge on any atom is -0.309 e. The summed E-state index contributed by atoms with van der Waals surface area (Å²) in [7, 11) is 0. The molecule has 4 nitrogen and oxygen atoms in total. The van der Waals surface area contributed by atoms with Gasteiger partial charge in [0.2, 0.25) is 0 Å². The van der Waals surface area contributed by atoms with E-state index in [0.29, 0.717) is 17.5 Å². The standard InChI is InChI=1S/C64H50N4/c1-63(2)51-36-16-14-30-47(51)58(48-31-15-17-37-52(48)63)57-45(42-24-8-5-9-25-42)32-22-34-49(57)61-65-60(44-28-12-7-13-29-44)66-62(67-61)50-35-23-33-46(43-26-10-6-11-27-43)59(50)68-55-40-20-18-38-53(55)64(3,4)54-39-19-21-41-56(54)68/h5-41,58H,1-4H3. The second-order valence-corrected chi connectivity index (χ2v) is 19.1. The lowest BCUT2D eigenvalue weighted by molar-refractivity contribution is 0.598. The maximum absolute atomic E-state index is 5.71. The monoisotopic (exact) mass is 874 g/mol. The second-order valence-electron chi connectivity index (χ2n) is 19.1. The third-order valence-corrected chi connectivity index (χ3v) is 14.5. The van der Waals surface area contributed by atoms with Crippen LogP contribution in [0.1, 0.15) is 72.6 Å². The van der Waals surface area contributed by atoms with E-state index in [-0.39, 0.29) is 16.7 Å². The van der Waals surface area contributed by atoms with Gasteiger partial charge >= 0.3 is 0 Å². The first kappa shape index (κ1) is 41.2. The fourth-order valence-corrected chi connectivity index (χ4v) is 11.3. The second kappa shape index (κ2) is 16.3. The number of fused-ring (bicyclic) bond motifs is 4. The van der Waals surface area contributed by atoms with Crippen molar-refractivity contribution < 1.29 is 0 Å². The van der Waals surface area contributed by atoms with E-state index in [1.54, 1.807) is 0 Å². The lowest BCUT2D eigenvalue weighted by atomic mass is 9.63. The number of nitrogens with zero attached hydrogens (tertiary/aromatic N) is 4. The minimum absolute atomic E-state index is 0.108. The topological polar surface area (TPSA) is 41.9 Å². The van der Waals surface area contributed by atoms with Crippen molar-refractivity contribution in [2.24, 2.45) is 0 Å². The molecule has 0 fully saturated rings. The van der Waals surface area contributed by atoms with Gasteiger partial charge in [0.05, 0.1) is 17.1 Å². The molecule has 0 saturated carbocycles. The molecule has 68 heavy (non-hydrogen) atoms. The first-order valence-electron chi connectivity index (χ1n) is 23.7. The number of rotatable bonds is 7. The highest BCUT2D eigenvalue weighted by Crippen LogP contribution is 2.56. The van der Waals surface area contributed by atoms with Crippen LogP contribution in [0.5, 0.6) is 0 Å². The molecule has 0 unspecified atom stereocenters. The van der Waals surface area contributed by atoms with Gasteiger partial charge in [0.15, 0.2) is 17.5 Å². The van der Waals surface area contributed by atoms with Crippen LogP contribution in [0.3, 0.4) is 0 Å². The molecule has 1 aromatic heterocycles. The van der Waals surface area contributed by atoms with E-state index in [9.17, 15) is 0 Å². The van der Waals surface area contributed by atoms with E-state index in [1.807, 2.05) is 6.07 Å². The zero-order valence-corrected chi connectivity index (χ0v) is 38.7. The Kier molecular flexibility index (Phi) is 9.88. The molecule has 0 amide bonds. The van der Waals surface area contributed by atoms with Gasteiger partial charge in [-0.3, -0.25) is 0 Å². The summed E-state index contributed by atoms with van der Waals surface area (Å²) in [5.41, 5.74) is 19.0. The molecule has 9 aromatic carbocycles. The van der Waals surface area contributed by atoms with Crippen LogP contribution < -0.4 is 4.90 Å². The summed E-state index contributed by atoms with van der Waals surface area (Å²) in [4.78, 5) is 19.2. The summed E-state index contributed by atoms with van der Waals surface area (Å²) in [5.74, 6) is 1.73. The Morgan fingerprint density at radius 1 is 0.324 bits per heavy atom. The molecule has 2 aliphatic rings. The van der Waals surface area contributed by atoms with Crippen molar-refractivity contribution in [3.63, 3.8) is 0 Å². The normalized spacial score (nSPS) is 14.3. The van der Waals surface area contributed by atoms with Crippen molar-refractivity contribution in [3.8, 4) is 56.4 Å². The van der Waals surface area contributed by atoms with Crippen molar-refractivity contribution in [1.82, 2.24) is 15.0 Å². The molecule has 1 aliphatic heterocycles. The van der Waals surface area contributed by atoms with Gasteiger partial charge in [-0.15, -0.1) is 0 Å². The van der Waals surface area contributed by atoms with Crippen LogP contribution in [0, 0.1) is 0 Å². The molecule has 0 radical (unpaired) electrons. The molecular weight excluding hydrogens is 825 g/mol. The van der Waals surface area contributed by atoms with Gasteiger partial charge < -0.3 is 4.90 Å². The molecule has 326 valence electrons. The number of benzene rings is 9. The highest BCUT2D eigenvalue weighted by atomic mass is 15.2. The van der Waals surface area contributed by atoms with Crippen LogP contribution in [0.15, 0.2) is 224 Å². The van der Waals surface area contributed by atoms with Crippen LogP contribution in [-0.2, 0) is 10.8 Å². The van der Waals surface area contributed by atoms with E-state index >= 15 is 0 Å². The van der Waals surface area contributed by atoms with E-state index in [1.165, 1.54) is 38.9 Å². The fourth-order valence-electron chi connectivity index (χ4n) is 11.3. The number of hydrogen-bond donors (Lipinski definition) is 0. The predicted molar refractivity (Wildman–Crippen MR) is 280 cm³/mol. The first-order chi connectivity index (χ1) is 33.3. The van der Waals surface area contributed by atoms with Crippen molar-refractivity contribution in [2.45, 2.75) is 44.4 Å². The predicted octanol–water partition coefficient (Wildman–Crippen LogP) is 16.1. The van der Waals surface area contributed by atoms with E-state index in [4.69, 9.17) is 15.0 Å². The summed E-state index contributed by atoms with van der Waals surface area (Å²) in [6, 6.07) is 80.8. The highest BCUT2D eigenvalue weighted by molar-refractivity contribution is 5.99. The van der Waals surface area contributed by atoms with Crippen LogP contribution in [-0.4, -0.2) is 15.0 Å². The molecule has 0 atom stereocenters. The smallest absolute Gasteiger partial charge is 0.166 e. The van der Waals surface area contributed by atoms with E-state index in [0.717, 1.165) is 56.0 Å². The van der Waals surface area contributed by atoms with Crippen molar-refractivity contribution in [2.75, 3.05) is 4.90 Å². The largest absolute Gasteiger partial charge is 0.309 e. The molecule has 12 rings (SSSR count). The average molecular weight is 875 g/mol. The minimum atomic E-state index is -0.238. The molecule has 0 saturated heterocycles. The maximum atomic E-state index is 5.71. The van der Waals surface area contributed by atoms with Crippen molar-refractivity contribution in [3.05, 3.63) is 263 Å². The molecule has 1 aliphatic carbocycles. The fraction of sp³-hybridized carbons (Fsp3) is 0.109. The molecule has 10 aromatic rings. The van der Waals surface area contributed by atoms with Gasteiger partial charge in [0.1, 0.15) is 0 Å². The Morgan fingerprint density at radius 2 is 0.706 bits per heavy atom. The van der Waals surface area contributed by atoms with Gasteiger partial charge in [-0.2, -0.15) is 0 Å². The van der Waals surface area contributed by atoms with E-state index < -0.39 is 0 Å². The summed E-state index contributed by atoms with van der Waals surface area (Å²) in [6.07, 6.45) is 0. The summed E-state index contributed by atoms with van der Waals surface area (Å²) in [6.45, 7) is 9.39. The highest BCUT2D eigenvalue weighted by Gasteiger charge is 2.41. The van der Waals surface area contributed by atoms with Gasteiger partial charge in [0.25, 0.3) is 0 Å². The Morgan fingerprint density at radius 3 is 1.26 bits per heavy atom. The summed E-state index contributed by atoms with van der Waals surface area (Å²) >= 11 is 0. The Labute approximate surface area is 399 Å². The zero-order valence-electron chi connectivity index (χ0n) is 38.7. The van der Waals surface area contributed by atoms with Crippen molar-refractivity contribution in [1.29, 1.82) is 0 Å². The quantitative estimate of drug-likeness (QED) is 0.160. The zero-order chi connectivity index (χ0) is 46.0. The van der Waals surface area contributed by atoms with Gasteiger partial charge in [-0.25, -0.2) is 15.0 Å². The lowest BCUT2D eigenvalue weighted by Crippen LogP contribution is -2.31. The molecule has 0 spiro atoms. The Balaban J connectivity index is 1.18. The SMILES string of the molecule is CC1(C)c2ccccc2C(c2c(-c3ccccc3)cccc2-c2nc(-c3ccccc3)nc(-c3cccc(-c4ccccc4)c3N3c4ccccc4C(C)(C)c4ccccc43)n2)c2ccccc21. The van der Waals surface area contributed by atoms with Gasteiger partial charge in [-0.1, -0.05) is 234 Å². The summed E-state index contributed by atoms with van der Waals surface area (Å²) in [5, 5.41) is 0. The molecule has 0 N–H and O–H groups in total. The Bertz CT molecular complexity index is 3210. The lowest BCUT2D eigenvalue weighted by Gasteiger charge is -2.43. The molecule has 2 heterocycles. The van der Waals surface area contributed by atoms with Crippen LogP contribution in [0.4, 0.5) is 17.1 Å². The third kappa shape index (κ3) is 6.62. The van der Waals surface area contributed by atoms with Gasteiger partial charge in [0, 0.05) is 39.0 Å². The van der Waals surface area contributed by atoms with Crippen LogP contribution in [0.2, 0.25) is 0 Å². The molecule has 4 heteroatoms. The van der Waals surface area contributed by atoms with Crippen LogP contribution in [0.25, 0.3) is 56.4 Å². The first-order valence-corrected chi connectivity index (χ1v) is 23.7. The number of hydrogen-bond acceptors (Lipinski definition) is 4. The van der Waals surface area contributed by atoms with Crippen LogP contribution >= 0.6 is 0 Å². The van der Waals surface area contributed by atoms with Gasteiger partial charge in [-0.05, 0) is 73.8 Å². The number of para-hydroxylation sites is 3. The number of aromatic nitrogens is 3. The number of anilines is 3. The molecular formula is C64H50N4. The van der Waals surface area contributed by atoms with E-state index in [2.05, 4.69) is 251 Å². The summed E-state index contributed by atoms with van der Waals surface area (Å²) < 4.78 is 0. The van der Waals surface area contributed by atoms with Crippen molar-refractivity contribution >= 4 is 17.1 Å². The maximum Gasteiger partial charge on any atom is 0.166 e. The average Bonchev–Trinajstić information content (AvgIpc) is 3.39. The Hall–Kier alpha value is -8.21. The molecule has 0 bridgehead atoms.